The number of ketones is 3. The van der Waals surface area contributed by atoms with Gasteiger partial charge in [0, 0.05) is 30.0 Å². The Morgan fingerprint density at radius 3 is 2.44 bits per heavy atom. The van der Waals surface area contributed by atoms with E-state index in [9.17, 15) is 39.6 Å². The van der Waals surface area contributed by atoms with Crippen LogP contribution in [0.3, 0.4) is 0 Å². The van der Waals surface area contributed by atoms with Gasteiger partial charge in [-0.15, -0.1) is 0 Å². The molecule has 0 bridgehead atoms. The zero-order valence-corrected chi connectivity index (χ0v) is 20.2. The Morgan fingerprint density at radius 1 is 1.19 bits per heavy atom. The van der Waals surface area contributed by atoms with Crippen molar-refractivity contribution in [3.63, 3.8) is 0 Å². The van der Waals surface area contributed by atoms with Crippen LogP contribution in [-0.2, 0) is 20.8 Å². The van der Waals surface area contributed by atoms with Crippen molar-refractivity contribution in [2.24, 2.45) is 17.6 Å². The summed E-state index contributed by atoms with van der Waals surface area (Å²) in [5.41, 5.74) is 2.06. The number of aromatic hydroxyl groups is 1. The molecule has 11 heteroatoms. The molecule has 192 valence electrons. The second kappa shape index (κ2) is 8.84. The van der Waals surface area contributed by atoms with Crippen LogP contribution in [0.25, 0.3) is 5.76 Å². The van der Waals surface area contributed by atoms with E-state index < -0.39 is 58.0 Å². The van der Waals surface area contributed by atoms with Crippen molar-refractivity contribution in [1.29, 1.82) is 0 Å². The molecule has 0 unspecified atom stereocenters. The fourth-order valence-electron chi connectivity index (χ4n) is 5.88. The number of nitrogens with one attached hydrogen (secondary N) is 1. The van der Waals surface area contributed by atoms with Crippen LogP contribution in [0.15, 0.2) is 29.0 Å². The summed E-state index contributed by atoms with van der Waals surface area (Å²) in [6.45, 7) is 0.416. The third-order valence-corrected chi connectivity index (χ3v) is 7.51. The molecular formula is C25H29N3O8. The second-order valence-electron chi connectivity index (χ2n) is 9.72. The minimum Gasteiger partial charge on any atom is -0.508 e. The van der Waals surface area contributed by atoms with Crippen molar-refractivity contribution in [3.8, 4) is 5.75 Å². The molecule has 0 aromatic heterocycles. The van der Waals surface area contributed by atoms with E-state index in [1.165, 1.54) is 31.1 Å². The first-order valence-corrected chi connectivity index (χ1v) is 11.5. The summed E-state index contributed by atoms with van der Waals surface area (Å²) < 4.78 is 0. The number of rotatable bonds is 6. The highest BCUT2D eigenvalue weighted by molar-refractivity contribution is 6.24. The molecule has 36 heavy (non-hydrogen) atoms. The molecule has 11 nitrogen and oxygen atoms in total. The number of likely N-dealkylation sites (N-methyl/N-ethyl adjacent to an activating group) is 1. The Morgan fingerprint density at radius 2 is 1.86 bits per heavy atom. The molecule has 1 fully saturated rings. The van der Waals surface area contributed by atoms with Gasteiger partial charge < -0.3 is 31.5 Å². The van der Waals surface area contributed by atoms with E-state index in [1.807, 2.05) is 0 Å². The normalized spacial score (nSPS) is 27.6. The van der Waals surface area contributed by atoms with Gasteiger partial charge in [0.2, 0.25) is 5.78 Å². The van der Waals surface area contributed by atoms with E-state index in [-0.39, 0.29) is 41.9 Å². The van der Waals surface area contributed by atoms with E-state index in [1.54, 1.807) is 7.05 Å². The van der Waals surface area contributed by atoms with E-state index >= 15 is 0 Å². The maximum absolute atomic E-state index is 13.8. The van der Waals surface area contributed by atoms with E-state index in [2.05, 4.69) is 5.32 Å². The number of aliphatic hydroxyl groups is 3. The number of hydrogen-bond acceptors (Lipinski definition) is 10. The van der Waals surface area contributed by atoms with Crippen LogP contribution in [-0.4, -0.2) is 87.9 Å². The molecule has 1 aromatic rings. The first-order valence-electron chi connectivity index (χ1n) is 11.5. The molecule has 0 spiro atoms. The van der Waals surface area contributed by atoms with Crippen molar-refractivity contribution < 1.29 is 39.6 Å². The zero-order valence-electron chi connectivity index (χ0n) is 20.2. The third-order valence-electron chi connectivity index (χ3n) is 7.51. The Balaban J connectivity index is 1.93. The summed E-state index contributed by atoms with van der Waals surface area (Å²) in [7, 11) is 4.77. The maximum atomic E-state index is 13.8. The number of nitrogens with zero attached hydrogens (tertiary/aromatic N) is 1. The fourth-order valence-corrected chi connectivity index (χ4v) is 5.88. The largest absolute Gasteiger partial charge is 0.508 e. The van der Waals surface area contributed by atoms with Gasteiger partial charge in [-0.3, -0.25) is 24.1 Å². The van der Waals surface area contributed by atoms with Crippen LogP contribution in [0.5, 0.6) is 5.75 Å². The topological polar surface area (TPSA) is 190 Å². The SMILES string of the molecule is CNCCC(=O)c1ccc(O)c2c1C[C@H]1C[C@H]3[C@H](N(C)C)C(=O)C(C(N)=O)=C(O)[C@@]3(O)C(=O)C1=C2O. The number of carbonyl (C=O) groups is 4. The van der Waals surface area contributed by atoms with Gasteiger partial charge in [0.15, 0.2) is 17.2 Å². The Labute approximate surface area is 206 Å². The lowest BCUT2D eigenvalue weighted by molar-refractivity contribution is -0.153. The van der Waals surface area contributed by atoms with Crippen molar-refractivity contribution in [2.45, 2.75) is 30.9 Å². The summed E-state index contributed by atoms with van der Waals surface area (Å²) in [5.74, 6) is -7.44. The standard InChI is InChI=1S/C25H29N3O8/c1-27-7-6-14(29)11-4-5-15(30)17-12(11)8-10-9-13-19(28(2)3)21(32)18(24(26)35)23(34)25(13,36)22(33)16(10)20(17)31/h4-5,10,13,19,27,30-31,34,36H,6-9H2,1-3H3,(H2,26,35)/t10-,13-,19-,25-/m0/s1. The Bertz CT molecular complexity index is 1260. The van der Waals surface area contributed by atoms with E-state index in [0.717, 1.165) is 0 Å². The van der Waals surface area contributed by atoms with E-state index in [0.29, 0.717) is 17.7 Å². The molecule has 7 N–H and O–H groups in total. The molecule has 0 saturated heterocycles. The van der Waals surface area contributed by atoms with Crippen LogP contribution in [0.2, 0.25) is 0 Å². The molecule has 0 heterocycles. The Hall–Kier alpha value is -3.54. The van der Waals surface area contributed by atoms with Gasteiger partial charge in [0.1, 0.15) is 22.8 Å². The number of nitrogens with two attached hydrogens (primary N) is 1. The second-order valence-corrected chi connectivity index (χ2v) is 9.72. The van der Waals surface area contributed by atoms with Gasteiger partial charge in [-0.1, -0.05) is 0 Å². The van der Waals surface area contributed by atoms with Crippen LogP contribution in [0.1, 0.15) is 34.3 Å². The number of hydrogen-bond donors (Lipinski definition) is 6. The smallest absolute Gasteiger partial charge is 0.255 e. The number of fused-ring (bicyclic) bond motifs is 3. The monoisotopic (exact) mass is 499 g/mol. The maximum Gasteiger partial charge on any atom is 0.255 e. The molecule has 0 aliphatic heterocycles. The summed E-state index contributed by atoms with van der Waals surface area (Å²) in [5, 5.41) is 47.0. The molecule has 3 aliphatic rings. The van der Waals surface area contributed by atoms with Gasteiger partial charge in [0.05, 0.1) is 11.6 Å². The van der Waals surface area contributed by atoms with Gasteiger partial charge in [-0.2, -0.15) is 0 Å². The molecule has 0 radical (unpaired) electrons. The molecular weight excluding hydrogens is 470 g/mol. The first kappa shape index (κ1) is 25.5. The lowest BCUT2D eigenvalue weighted by Crippen LogP contribution is -2.65. The average Bonchev–Trinajstić information content (AvgIpc) is 2.79. The summed E-state index contributed by atoms with van der Waals surface area (Å²) in [4.78, 5) is 53.2. The predicted octanol–water partition coefficient (Wildman–Crippen LogP) is -0.244. The molecule has 4 rings (SSSR count). The molecule has 1 amide bonds. The van der Waals surface area contributed by atoms with Gasteiger partial charge in [0.25, 0.3) is 5.91 Å². The van der Waals surface area contributed by atoms with Gasteiger partial charge in [-0.05, 0) is 57.6 Å². The number of phenolic OH excluding ortho intramolecular Hbond substituents is 1. The molecule has 1 saturated carbocycles. The minimum atomic E-state index is -2.69. The number of phenols is 1. The lowest BCUT2D eigenvalue weighted by Gasteiger charge is -2.50. The highest BCUT2D eigenvalue weighted by atomic mass is 16.3. The third kappa shape index (κ3) is 3.46. The summed E-state index contributed by atoms with van der Waals surface area (Å²) in [6.07, 6.45) is 0.206. The van der Waals surface area contributed by atoms with Crippen LogP contribution in [0, 0.1) is 11.8 Å². The van der Waals surface area contributed by atoms with Crippen molar-refractivity contribution in [1.82, 2.24) is 10.2 Å². The van der Waals surface area contributed by atoms with Crippen molar-refractivity contribution in [2.75, 3.05) is 27.7 Å². The summed E-state index contributed by atoms with van der Waals surface area (Å²) >= 11 is 0. The number of Topliss-reactive ketones (excluding diaryl/α,β-unsaturated/α-hetero) is 3. The van der Waals surface area contributed by atoms with Crippen LogP contribution < -0.4 is 11.1 Å². The zero-order chi connectivity index (χ0) is 26.7. The lowest BCUT2D eigenvalue weighted by atomic mass is 9.57. The summed E-state index contributed by atoms with van der Waals surface area (Å²) in [6, 6.07) is 1.55. The van der Waals surface area contributed by atoms with Crippen LogP contribution >= 0.6 is 0 Å². The fraction of sp³-hybridized carbons (Fsp3) is 0.440. The Kier molecular flexibility index (Phi) is 6.27. The van der Waals surface area contributed by atoms with Gasteiger partial charge >= 0.3 is 0 Å². The molecule has 1 aromatic carbocycles. The number of benzene rings is 1. The first-order chi connectivity index (χ1) is 16.9. The van der Waals surface area contributed by atoms with Gasteiger partial charge in [-0.25, -0.2) is 0 Å². The van der Waals surface area contributed by atoms with Crippen molar-refractivity contribution >= 4 is 29.0 Å². The highest BCUT2D eigenvalue weighted by Crippen LogP contribution is 2.52. The number of primary amides is 1. The predicted molar refractivity (Wildman–Crippen MR) is 127 cm³/mol. The number of carbonyl (C=O) groups excluding carboxylic acids is 4. The van der Waals surface area contributed by atoms with Crippen LogP contribution in [0.4, 0.5) is 0 Å². The quantitative estimate of drug-likeness (QED) is 0.225. The molecule has 3 aliphatic carbocycles. The number of aliphatic hydroxyl groups excluding tert-OH is 2. The highest BCUT2D eigenvalue weighted by Gasteiger charge is 2.64. The average molecular weight is 500 g/mol. The van der Waals surface area contributed by atoms with Crippen molar-refractivity contribution in [3.05, 3.63) is 45.7 Å². The number of amides is 1. The molecule has 4 atom stereocenters. The van der Waals surface area contributed by atoms with E-state index in [4.69, 9.17) is 5.73 Å². The minimum absolute atomic E-state index is 0.0361.